The minimum absolute atomic E-state index is 0.309. The van der Waals surface area contributed by atoms with Crippen LogP contribution >= 0.6 is 0 Å². The maximum atomic E-state index is 6.21. The van der Waals surface area contributed by atoms with Crippen LogP contribution < -0.4 is 0 Å². The predicted molar refractivity (Wildman–Crippen MR) is 255 cm³/mol. The second kappa shape index (κ2) is 14.2. The van der Waals surface area contributed by atoms with Gasteiger partial charge in [-0.05, 0) is 109 Å². The lowest BCUT2D eigenvalue weighted by Gasteiger charge is -2.24. The molecule has 298 valence electrons. The van der Waals surface area contributed by atoms with Gasteiger partial charge in [-0.2, -0.15) is 0 Å². The summed E-state index contributed by atoms with van der Waals surface area (Å²) in [5.74, 6) is 0.727. The molecular formula is C55H37N7O. The van der Waals surface area contributed by atoms with Crippen LogP contribution in [0, 0.1) is 11.8 Å². The van der Waals surface area contributed by atoms with Gasteiger partial charge in [-0.25, -0.2) is 9.97 Å². The SMILES string of the molecule is C1=CCC(C2C=NC=C(c3ccc4c(n3)c3nc(-c5cncc(-c6ccccc6)c5)ccc3n4-c3ccc4c(c3)c3cnccc3n4-c3ccc4oc5ccccc5c4c3)C2)C=C1. The van der Waals surface area contributed by atoms with E-state index in [1.807, 2.05) is 49.2 Å². The number of benzene rings is 4. The van der Waals surface area contributed by atoms with E-state index in [1.165, 1.54) is 0 Å². The van der Waals surface area contributed by atoms with E-state index in [4.69, 9.17) is 19.4 Å². The lowest BCUT2D eigenvalue weighted by molar-refractivity contribution is 0.518. The summed E-state index contributed by atoms with van der Waals surface area (Å²) in [5, 5.41) is 4.36. The molecule has 2 atom stereocenters. The van der Waals surface area contributed by atoms with E-state index in [-0.39, 0.29) is 0 Å². The van der Waals surface area contributed by atoms with Gasteiger partial charge in [-0.1, -0.05) is 72.8 Å². The molecule has 8 nitrogen and oxygen atoms in total. The molecule has 0 saturated heterocycles. The van der Waals surface area contributed by atoms with E-state index >= 15 is 0 Å². The van der Waals surface area contributed by atoms with Crippen LogP contribution in [-0.2, 0) is 0 Å². The molecule has 2 aliphatic rings. The van der Waals surface area contributed by atoms with Gasteiger partial charge in [-0.15, -0.1) is 0 Å². The maximum absolute atomic E-state index is 6.21. The Bertz CT molecular complexity index is 3770. The predicted octanol–water partition coefficient (Wildman–Crippen LogP) is 13.3. The summed E-state index contributed by atoms with van der Waals surface area (Å²) in [6.07, 6.45) is 22.5. The van der Waals surface area contributed by atoms with Crippen molar-refractivity contribution < 1.29 is 4.42 Å². The van der Waals surface area contributed by atoms with Crippen molar-refractivity contribution in [3.63, 3.8) is 0 Å². The fourth-order valence-electron chi connectivity index (χ4n) is 9.81. The Hall–Kier alpha value is -8.23. The average Bonchev–Trinajstić information content (AvgIpc) is 4.01. The van der Waals surface area contributed by atoms with Crippen molar-refractivity contribution in [2.45, 2.75) is 12.8 Å². The number of hydrogen-bond acceptors (Lipinski definition) is 6. The van der Waals surface area contributed by atoms with E-state index in [0.29, 0.717) is 11.8 Å². The molecule has 0 N–H and O–H groups in total. The molecule has 8 heteroatoms. The number of allylic oxidation sites excluding steroid dienone is 5. The molecule has 11 aromatic rings. The summed E-state index contributed by atoms with van der Waals surface area (Å²) >= 11 is 0. The van der Waals surface area contributed by atoms with Crippen LogP contribution in [0.1, 0.15) is 18.5 Å². The van der Waals surface area contributed by atoms with Gasteiger partial charge < -0.3 is 13.6 Å². The maximum Gasteiger partial charge on any atom is 0.135 e. The number of aromatic nitrogens is 6. The molecule has 1 aliphatic carbocycles. The van der Waals surface area contributed by atoms with Crippen LogP contribution in [-0.4, -0.2) is 35.3 Å². The summed E-state index contributed by atoms with van der Waals surface area (Å²) in [4.78, 5) is 24.9. The van der Waals surface area contributed by atoms with Crippen molar-refractivity contribution in [1.82, 2.24) is 29.1 Å². The minimum Gasteiger partial charge on any atom is -0.456 e. The van der Waals surface area contributed by atoms with Crippen molar-refractivity contribution in [1.29, 1.82) is 0 Å². The molecule has 0 spiro atoms. The fourth-order valence-corrected chi connectivity index (χ4v) is 9.81. The fraction of sp³-hybridized carbons (Fsp3) is 0.0727. The monoisotopic (exact) mass is 811 g/mol. The standard InChI is InChI=1S/C55H37N7O/c1-3-9-34(10-4-1)36-25-38(31-57-29-36)46-17-20-50-54(59-46)55-51(21-18-47(60-55)39-26-37(30-58-32-39)35-11-5-2-6-12-35)62(50)40-15-19-48-43(27-40)45-33-56-24-23-49(45)61(48)41-16-22-53-44(28-41)42-13-7-8-14-52(42)63-53/h1-11,13-25,27-33,35,37H,12,26H2. The normalized spacial score (nSPS) is 16.3. The molecule has 0 fully saturated rings. The second-order valence-corrected chi connectivity index (χ2v) is 16.5. The number of rotatable bonds is 6. The number of para-hydroxylation sites is 1. The Balaban J connectivity index is 0.985. The van der Waals surface area contributed by atoms with Gasteiger partial charge in [0.1, 0.15) is 22.2 Å². The first kappa shape index (κ1) is 35.5. The zero-order chi connectivity index (χ0) is 41.4. The smallest absolute Gasteiger partial charge is 0.135 e. The number of hydrogen-bond donors (Lipinski definition) is 0. The van der Waals surface area contributed by atoms with Crippen molar-refractivity contribution in [2.75, 3.05) is 0 Å². The molecule has 0 radical (unpaired) electrons. The van der Waals surface area contributed by atoms with Gasteiger partial charge in [0.25, 0.3) is 0 Å². The lowest BCUT2D eigenvalue weighted by Crippen LogP contribution is -2.17. The Morgan fingerprint density at radius 1 is 0.524 bits per heavy atom. The van der Waals surface area contributed by atoms with E-state index in [0.717, 1.165) is 124 Å². The molecule has 7 aromatic heterocycles. The van der Waals surface area contributed by atoms with Gasteiger partial charge >= 0.3 is 0 Å². The lowest BCUT2D eigenvalue weighted by atomic mass is 9.82. The molecule has 0 amide bonds. The third kappa shape index (κ3) is 5.79. The molecule has 63 heavy (non-hydrogen) atoms. The Morgan fingerprint density at radius 3 is 2.13 bits per heavy atom. The largest absolute Gasteiger partial charge is 0.456 e. The Labute approximate surface area is 361 Å². The molecule has 0 bridgehead atoms. The summed E-state index contributed by atoms with van der Waals surface area (Å²) in [5.41, 5.74) is 15.6. The number of aliphatic imine (C=N–C) groups is 1. The van der Waals surface area contributed by atoms with Gasteiger partial charge in [0.2, 0.25) is 0 Å². The first-order valence-electron chi connectivity index (χ1n) is 21.4. The zero-order valence-corrected chi connectivity index (χ0v) is 34.0. The summed E-state index contributed by atoms with van der Waals surface area (Å²) < 4.78 is 10.8. The van der Waals surface area contributed by atoms with Crippen molar-refractivity contribution in [2.24, 2.45) is 16.8 Å². The van der Waals surface area contributed by atoms with Crippen LogP contribution in [0.2, 0.25) is 0 Å². The van der Waals surface area contributed by atoms with Gasteiger partial charge in [0, 0.05) is 87.2 Å². The zero-order valence-electron chi connectivity index (χ0n) is 34.0. The number of furan rings is 1. The highest BCUT2D eigenvalue weighted by Crippen LogP contribution is 2.40. The van der Waals surface area contributed by atoms with E-state index in [1.54, 1.807) is 0 Å². The summed E-state index contributed by atoms with van der Waals surface area (Å²) in [6, 6.07) is 44.6. The molecular weight excluding hydrogens is 775 g/mol. The van der Waals surface area contributed by atoms with E-state index < -0.39 is 0 Å². The third-order valence-electron chi connectivity index (χ3n) is 12.9. The van der Waals surface area contributed by atoms with Crippen LogP contribution in [0.5, 0.6) is 0 Å². The van der Waals surface area contributed by atoms with E-state index in [9.17, 15) is 0 Å². The van der Waals surface area contributed by atoms with Crippen molar-refractivity contribution >= 4 is 77.6 Å². The van der Waals surface area contributed by atoms with Gasteiger partial charge in [0.15, 0.2) is 0 Å². The Morgan fingerprint density at radius 2 is 1.25 bits per heavy atom. The average molecular weight is 812 g/mol. The molecule has 1 aliphatic heterocycles. The summed E-state index contributed by atoms with van der Waals surface area (Å²) in [6.45, 7) is 0. The van der Waals surface area contributed by atoms with Crippen LogP contribution in [0.4, 0.5) is 0 Å². The Kier molecular flexibility index (Phi) is 7.99. The summed E-state index contributed by atoms with van der Waals surface area (Å²) in [7, 11) is 0. The van der Waals surface area contributed by atoms with Crippen molar-refractivity contribution in [3.05, 3.63) is 188 Å². The van der Waals surface area contributed by atoms with Gasteiger partial charge in [-0.3, -0.25) is 15.0 Å². The number of pyridine rings is 4. The number of fused-ring (bicyclic) bond motifs is 9. The molecule has 13 rings (SSSR count). The second-order valence-electron chi connectivity index (χ2n) is 16.5. The van der Waals surface area contributed by atoms with Crippen molar-refractivity contribution in [3.8, 4) is 33.8 Å². The third-order valence-corrected chi connectivity index (χ3v) is 12.9. The minimum atomic E-state index is 0.309. The molecule has 4 aromatic carbocycles. The molecule has 2 unspecified atom stereocenters. The topological polar surface area (TPSA) is 86.9 Å². The highest BCUT2D eigenvalue weighted by Gasteiger charge is 2.25. The first-order valence-corrected chi connectivity index (χ1v) is 21.4. The highest BCUT2D eigenvalue weighted by molar-refractivity contribution is 6.12. The quantitative estimate of drug-likeness (QED) is 0.167. The molecule has 0 saturated carbocycles. The first-order chi connectivity index (χ1) is 31.2. The van der Waals surface area contributed by atoms with Crippen LogP contribution in [0.3, 0.4) is 0 Å². The van der Waals surface area contributed by atoms with Gasteiger partial charge in [0.05, 0.1) is 33.5 Å². The van der Waals surface area contributed by atoms with Crippen LogP contribution in [0.15, 0.2) is 192 Å². The van der Waals surface area contributed by atoms with E-state index in [2.05, 4.69) is 159 Å². The highest BCUT2D eigenvalue weighted by atomic mass is 16.3. The number of nitrogens with zero attached hydrogens (tertiary/aromatic N) is 7. The van der Waals surface area contributed by atoms with Crippen LogP contribution in [0.25, 0.3) is 105 Å². The molecule has 8 heterocycles.